The van der Waals surface area contributed by atoms with Gasteiger partial charge in [-0.25, -0.2) is 0 Å². The van der Waals surface area contributed by atoms with Crippen molar-refractivity contribution in [1.29, 1.82) is 0 Å². The Kier molecular flexibility index (Phi) is 6.05. The number of hydrogen-bond acceptors (Lipinski definition) is 4. The van der Waals surface area contributed by atoms with E-state index in [1.165, 1.54) is 49.8 Å². The minimum Gasteiger partial charge on any atom is -0.389 e. The summed E-state index contributed by atoms with van der Waals surface area (Å²) in [6.07, 6.45) is 8.16. The van der Waals surface area contributed by atoms with Gasteiger partial charge in [-0.3, -0.25) is 4.90 Å². The van der Waals surface area contributed by atoms with Gasteiger partial charge < -0.3 is 14.7 Å². The van der Waals surface area contributed by atoms with Gasteiger partial charge in [0.25, 0.3) is 0 Å². The average molecular weight is 433 g/mol. The summed E-state index contributed by atoms with van der Waals surface area (Å²) in [5.74, 6) is 2.89. The standard InChI is InChI=1S/C25H37ClN2O2/c1-18-2-3-22(26)11-24(18)28-6-4-27(5-7-28)15-23(29)16-30-17-25-12-19-8-20(13-25)10-21(9-19)14-25/h2-3,11,19-21,23,29H,4-10,12-17H2,1H3/t19?,20?,21?,23-,25?/m1/s1. The fraction of sp³-hybridized carbons (Fsp3) is 0.760. The lowest BCUT2D eigenvalue weighted by molar-refractivity contribution is -0.107. The van der Waals surface area contributed by atoms with Crippen molar-refractivity contribution < 1.29 is 9.84 Å². The number of nitrogens with zero attached hydrogens (tertiary/aromatic N) is 2. The Morgan fingerprint density at radius 3 is 2.33 bits per heavy atom. The lowest BCUT2D eigenvalue weighted by Crippen LogP contribution is -2.50. The second-order valence-corrected chi connectivity index (χ2v) is 11.2. The SMILES string of the molecule is Cc1ccc(Cl)cc1N1CCN(C[C@@H](O)COCC23CC4CC(CC(C4)C2)C3)CC1. The van der Waals surface area contributed by atoms with E-state index in [0.717, 1.165) is 55.6 Å². The van der Waals surface area contributed by atoms with Gasteiger partial charge in [0, 0.05) is 43.4 Å². The number of aryl methyl sites for hydroxylation is 1. The predicted octanol–water partition coefficient (Wildman–Crippen LogP) is 4.36. The van der Waals surface area contributed by atoms with Crippen molar-refractivity contribution in [1.82, 2.24) is 4.90 Å². The van der Waals surface area contributed by atoms with E-state index < -0.39 is 6.10 Å². The molecule has 1 heterocycles. The molecule has 0 amide bonds. The lowest BCUT2D eigenvalue weighted by atomic mass is 9.50. The molecule has 1 saturated heterocycles. The van der Waals surface area contributed by atoms with E-state index in [2.05, 4.69) is 28.9 Å². The summed E-state index contributed by atoms with van der Waals surface area (Å²) in [7, 11) is 0. The summed E-state index contributed by atoms with van der Waals surface area (Å²) in [5.41, 5.74) is 2.95. The summed E-state index contributed by atoms with van der Waals surface area (Å²) < 4.78 is 6.14. The van der Waals surface area contributed by atoms with Crippen molar-refractivity contribution >= 4 is 17.3 Å². The Morgan fingerprint density at radius 1 is 1.07 bits per heavy atom. The predicted molar refractivity (Wildman–Crippen MR) is 122 cm³/mol. The van der Waals surface area contributed by atoms with Crippen LogP contribution >= 0.6 is 11.6 Å². The maximum atomic E-state index is 10.6. The van der Waals surface area contributed by atoms with Gasteiger partial charge in [-0.1, -0.05) is 17.7 Å². The molecule has 4 aliphatic carbocycles. The maximum Gasteiger partial charge on any atom is 0.0900 e. The van der Waals surface area contributed by atoms with Crippen LogP contribution in [0.15, 0.2) is 18.2 Å². The molecule has 6 rings (SSSR count). The molecule has 1 atom stereocenters. The van der Waals surface area contributed by atoms with Gasteiger partial charge in [0.05, 0.1) is 19.3 Å². The molecule has 4 saturated carbocycles. The van der Waals surface area contributed by atoms with E-state index in [9.17, 15) is 5.11 Å². The molecule has 1 N–H and O–H groups in total. The molecule has 1 aromatic rings. The van der Waals surface area contributed by atoms with Gasteiger partial charge in [0.2, 0.25) is 0 Å². The van der Waals surface area contributed by atoms with E-state index >= 15 is 0 Å². The van der Waals surface area contributed by atoms with Gasteiger partial charge in [-0.2, -0.15) is 0 Å². The van der Waals surface area contributed by atoms with Gasteiger partial charge in [-0.05, 0) is 86.3 Å². The van der Waals surface area contributed by atoms with Crippen LogP contribution in [0.4, 0.5) is 5.69 Å². The smallest absolute Gasteiger partial charge is 0.0900 e. The highest BCUT2D eigenvalue weighted by atomic mass is 35.5. The van der Waals surface area contributed by atoms with Crippen LogP contribution in [0.5, 0.6) is 0 Å². The first-order valence-corrected chi connectivity index (χ1v) is 12.4. The molecule has 0 spiro atoms. The second-order valence-electron chi connectivity index (χ2n) is 10.8. The van der Waals surface area contributed by atoms with Crippen LogP contribution in [-0.2, 0) is 4.74 Å². The molecule has 5 fully saturated rings. The number of halogens is 1. The van der Waals surface area contributed by atoms with Crippen molar-refractivity contribution in [3.63, 3.8) is 0 Å². The Morgan fingerprint density at radius 2 is 1.70 bits per heavy atom. The van der Waals surface area contributed by atoms with E-state index in [1.807, 2.05) is 6.07 Å². The summed E-state index contributed by atoms with van der Waals surface area (Å²) >= 11 is 6.20. The normalized spacial score (nSPS) is 34.5. The van der Waals surface area contributed by atoms with Crippen LogP contribution in [0, 0.1) is 30.1 Å². The van der Waals surface area contributed by atoms with Crippen LogP contribution in [0.1, 0.15) is 44.1 Å². The largest absolute Gasteiger partial charge is 0.389 e. The molecule has 5 aliphatic rings. The van der Waals surface area contributed by atoms with Crippen LogP contribution in [0.2, 0.25) is 5.02 Å². The summed E-state index contributed by atoms with van der Waals surface area (Å²) in [6.45, 7) is 8.09. The number of hydrogen-bond donors (Lipinski definition) is 1. The molecule has 30 heavy (non-hydrogen) atoms. The highest BCUT2D eigenvalue weighted by Crippen LogP contribution is 2.60. The molecular formula is C25H37ClN2O2. The highest BCUT2D eigenvalue weighted by Gasteiger charge is 2.50. The van der Waals surface area contributed by atoms with E-state index in [-0.39, 0.29) is 0 Å². The van der Waals surface area contributed by atoms with Gasteiger partial charge in [0.15, 0.2) is 0 Å². The van der Waals surface area contributed by atoms with Gasteiger partial charge >= 0.3 is 0 Å². The first-order valence-electron chi connectivity index (χ1n) is 12.0. The zero-order chi connectivity index (χ0) is 20.7. The van der Waals surface area contributed by atoms with Crippen molar-refractivity contribution in [2.45, 2.75) is 51.6 Å². The number of anilines is 1. The molecule has 1 aromatic carbocycles. The molecule has 4 nitrogen and oxygen atoms in total. The van der Waals surface area contributed by atoms with Crippen LogP contribution in [0.25, 0.3) is 0 Å². The Hall–Kier alpha value is -0.810. The topological polar surface area (TPSA) is 35.9 Å². The average Bonchev–Trinajstić information content (AvgIpc) is 2.69. The van der Waals surface area contributed by atoms with Crippen LogP contribution in [-0.4, -0.2) is 62.0 Å². The first-order chi connectivity index (χ1) is 14.5. The third-order valence-electron chi connectivity index (χ3n) is 8.24. The molecule has 0 unspecified atom stereocenters. The molecule has 4 bridgehead atoms. The monoisotopic (exact) mass is 432 g/mol. The summed E-state index contributed by atoms with van der Waals surface area (Å²) in [6, 6.07) is 6.12. The maximum absolute atomic E-state index is 10.6. The lowest BCUT2D eigenvalue weighted by Gasteiger charge is -2.56. The zero-order valence-electron chi connectivity index (χ0n) is 18.4. The molecule has 0 aromatic heterocycles. The first kappa shape index (κ1) is 21.1. The fourth-order valence-corrected chi connectivity index (χ4v) is 7.49. The number of aliphatic hydroxyl groups excluding tert-OH is 1. The Labute approximate surface area is 186 Å². The van der Waals surface area contributed by atoms with E-state index in [1.54, 1.807) is 0 Å². The summed E-state index contributed by atoms with van der Waals surface area (Å²) in [5, 5.41) is 11.4. The molecule has 1 aliphatic heterocycles. The molecule has 0 radical (unpaired) electrons. The quantitative estimate of drug-likeness (QED) is 0.694. The van der Waals surface area contributed by atoms with Gasteiger partial charge in [-0.15, -0.1) is 0 Å². The summed E-state index contributed by atoms with van der Waals surface area (Å²) in [4.78, 5) is 4.78. The molecule has 5 heteroatoms. The third kappa shape index (κ3) is 4.53. The van der Waals surface area contributed by atoms with Crippen LogP contribution in [0.3, 0.4) is 0 Å². The van der Waals surface area contributed by atoms with Crippen molar-refractivity contribution in [3.05, 3.63) is 28.8 Å². The zero-order valence-corrected chi connectivity index (χ0v) is 19.1. The third-order valence-corrected chi connectivity index (χ3v) is 8.47. The minimum atomic E-state index is -0.390. The van der Waals surface area contributed by atoms with E-state index in [0.29, 0.717) is 18.6 Å². The number of rotatable bonds is 7. The molecular weight excluding hydrogens is 396 g/mol. The second kappa shape index (κ2) is 8.61. The Balaban J connectivity index is 1.05. The number of ether oxygens (including phenoxy) is 1. The van der Waals surface area contributed by atoms with Crippen molar-refractivity contribution in [3.8, 4) is 0 Å². The minimum absolute atomic E-state index is 0.390. The molecule has 166 valence electrons. The number of benzene rings is 1. The number of β-amino-alcohol motifs (C(OH)–C–C–N with tert-alkyl or cyclic N) is 1. The van der Waals surface area contributed by atoms with Crippen molar-refractivity contribution in [2.75, 3.05) is 50.8 Å². The number of aliphatic hydroxyl groups is 1. The van der Waals surface area contributed by atoms with Crippen molar-refractivity contribution in [2.24, 2.45) is 23.2 Å². The fourth-order valence-electron chi connectivity index (χ4n) is 7.32. The number of piperazine rings is 1. The van der Waals surface area contributed by atoms with Gasteiger partial charge in [0.1, 0.15) is 0 Å². The Bertz CT molecular complexity index is 711. The highest BCUT2D eigenvalue weighted by molar-refractivity contribution is 6.30. The van der Waals surface area contributed by atoms with Crippen LogP contribution < -0.4 is 4.90 Å². The van der Waals surface area contributed by atoms with E-state index in [4.69, 9.17) is 16.3 Å².